The van der Waals surface area contributed by atoms with E-state index in [9.17, 15) is 32.7 Å². The number of halogens is 3. The van der Waals surface area contributed by atoms with Gasteiger partial charge in [0.15, 0.2) is 11.6 Å². The van der Waals surface area contributed by atoms with Crippen molar-refractivity contribution in [3.05, 3.63) is 100 Å². The highest BCUT2D eigenvalue weighted by molar-refractivity contribution is 5.94. The summed E-state index contributed by atoms with van der Waals surface area (Å²) in [6.07, 6.45) is -1.51. The highest BCUT2D eigenvalue weighted by Gasteiger charge is 2.13. The number of carbonyl (C=O) groups excluding carboxylic acids is 3. The number of anilines is 1. The largest absolute Gasteiger partial charge is 0.391 e. The van der Waals surface area contributed by atoms with Gasteiger partial charge >= 0.3 is 0 Å². The summed E-state index contributed by atoms with van der Waals surface area (Å²) in [5.74, 6) is 0.904. The molecule has 0 aliphatic carbocycles. The van der Waals surface area contributed by atoms with Gasteiger partial charge in [-0.25, -0.2) is 18.7 Å². The highest BCUT2D eigenvalue weighted by Crippen LogP contribution is 2.14. The second kappa shape index (κ2) is 14.5. The van der Waals surface area contributed by atoms with E-state index in [4.69, 9.17) is 5.21 Å². The van der Waals surface area contributed by atoms with Crippen LogP contribution in [0.5, 0.6) is 0 Å². The van der Waals surface area contributed by atoms with Crippen LogP contribution in [0.4, 0.5) is 18.9 Å². The molecule has 0 spiro atoms. The molecule has 0 fully saturated rings. The lowest BCUT2D eigenvalue weighted by atomic mass is 10.1. The van der Waals surface area contributed by atoms with Gasteiger partial charge in [-0.1, -0.05) is 11.8 Å². The lowest BCUT2D eigenvalue weighted by Gasteiger charge is -2.10. The van der Waals surface area contributed by atoms with Crippen molar-refractivity contribution in [2.75, 3.05) is 18.4 Å². The molecule has 12 heteroatoms. The van der Waals surface area contributed by atoms with Crippen molar-refractivity contribution in [3.8, 4) is 11.8 Å². The fourth-order valence-corrected chi connectivity index (χ4v) is 3.35. The van der Waals surface area contributed by atoms with E-state index in [-0.39, 0.29) is 31.6 Å². The number of aliphatic hydroxyl groups is 1. The van der Waals surface area contributed by atoms with E-state index in [0.29, 0.717) is 28.4 Å². The number of hydrogen-bond donors (Lipinski definition) is 6. The summed E-state index contributed by atoms with van der Waals surface area (Å²) in [4.78, 5) is 35.3. The predicted molar refractivity (Wildman–Crippen MR) is 138 cm³/mol. The number of benzene rings is 3. The molecule has 0 radical (unpaired) electrons. The molecular weight excluding hydrogens is 529 g/mol. The lowest BCUT2D eigenvalue weighted by Crippen LogP contribution is -2.35. The normalized spacial score (nSPS) is 11.1. The molecule has 0 aliphatic heterocycles. The van der Waals surface area contributed by atoms with Crippen LogP contribution in [-0.2, 0) is 16.1 Å². The van der Waals surface area contributed by atoms with Gasteiger partial charge in [0.25, 0.3) is 5.91 Å². The van der Waals surface area contributed by atoms with Gasteiger partial charge in [-0.05, 0) is 54.6 Å². The zero-order valence-electron chi connectivity index (χ0n) is 20.9. The van der Waals surface area contributed by atoms with Gasteiger partial charge in [-0.3, -0.25) is 19.6 Å². The molecule has 0 bridgehead atoms. The molecule has 40 heavy (non-hydrogen) atoms. The Labute approximate surface area is 227 Å². The SMILES string of the molecule is O=C(C[C@H](O)CNC(=O)c1ccc(C#Cc2ccc(NC(=O)CNCc3cc(F)c(F)cc3F)cc2)cc1)NO. The number of nitrogens with one attached hydrogen (secondary N) is 4. The first-order chi connectivity index (χ1) is 19.1. The third-order valence-electron chi connectivity index (χ3n) is 5.40. The average Bonchev–Trinajstić information content (AvgIpc) is 2.94. The lowest BCUT2D eigenvalue weighted by molar-refractivity contribution is -0.131. The second-order valence-corrected chi connectivity index (χ2v) is 8.52. The molecular formula is C28H25F3N4O5. The minimum Gasteiger partial charge on any atom is -0.391 e. The molecule has 1 atom stereocenters. The Balaban J connectivity index is 1.45. The number of hydroxylamine groups is 1. The zero-order chi connectivity index (χ0) is 29.1. The summed E-state index contributed by atoms with van der Waals surface area (Å²) in [7, 11) is 0. The van der Waals surface area contributed by atoms with E-state index in [2.05, 4.69) is 27.8 Å². The summed E-state index contributed by atoms with van der Waals surface area (Å²) >= 11 is 0. The van der Waals surface area contributed by atoms with Crippen LogP contribution in [0, 0.1) is 29.3 Å². The number of carbonyl (C=O) groups is 3. The maximum Gasteiger partial charge on any atom is 0.251 e. The minimum atomic E-state index is -1.28. The smallest absolute Gasteiger partial charge is 0.251 e. The molecule has 0 unspecified atom stereocenters. The quantitative estimate of drug-likeness (QED) is 0.0984. The van der Waals surface area contributed by atoms with Crippen molar-refractivity contribution in [1.82, 2.24) is 16.1 Å². The van der Waals surface area contributed by atoms with E-state index in [1.807, 2.05) is 0 Å². The Morgan fingerprint density at radius 2 is 1.43 bits per heavy atom. The van der Waals surface area contributed by atoms with Crippen LogP contribution in [0.3, 0.4) is 0 Å². The van der Waals surface area contributed by atoms with Crippen LogP contribution >= 0.6 is 0 Å². The maximum atomic E-state index is 13.7. The Hall–Kier alpha value is -4.70. The number of aliphatic hydroxyl groups excluding tert-OH is 1. The molecule has 0 saturated heterocycles. The van der Waals surface area contributed by atoms with E-state index in [1.165, 1.54) is 5.48 Å². The van der Waals surface area contributed by atoms with Crippen molar-refractivity contribution in [2.24, 2.45) is 0 Å². The van der Waals surface area contributed by atoms with E-state index in [0.717, 1.165) is 6.07 Å². The summed E-state index contributed by atoms with van der Waals surface area (Å²) in [6.45, 7) is -0.515. The first kappa shape index (κ1) is 29.9. The van der Waals surface area contributed by atoms with E-state index >= 15 is 0 Å². The van der Waals surface area contributed by atoms with Crippen LogP contribution in [0.2, 0.25) is 0 Å². The Kier molecular flexibility index (Phi) is 10.8. The third-order valence-corrected chi connectivity index (χ3v) is 5.40. The minimum absolute atomic E-state index is 0.102. The van der Waals surface area contributed by atoms with E-state index in [1.54, 1.807) is 48.5 Å². The molecule has 0 saturated carbocycles. The summed E-state index contributed by atoms with van der Waals surface area (Å²) in [5, 5.41) is 25.9. The molecule has 9 nitrogen and oxygen atoms in total. The van der Waals surface area contributed by atoms with Crippen LogP contribution in [0.1, 0.15) is 33.5 Å². The highest BCUT2D eigenvalue weighted by atomic mass is 19.2. The van der Waals surface area contributed by atoms with Crippen molar-refractivity contribution in [3.63, 3.8) is 0 Å². The fraction of sp³-hybridized carbons (Fsp3) is 0.179. The molecule has 3 amide bonds. The number of hydrogen-bond acceptors (Lipinski definition) is 6. The van der Waals surface area contributed by atoms with Gasteiger partial charge in [0.1, 0.15) is 5.82 Å². The van der Waals surface area contributed by atoms with Gasteiger partial charge in [0.05, 0.1) is 19.1 Å². The molecule has 3 aromatic carbocycles. The monoisotopic (exact) mass is 554 g/mol. The first-order valence-corrected chi connectivity index (χ1v) is 11.9. The standard InChI is InChI=1S/C28H25F3N4O5/c29-23-13-25(31)24(30)11-20(23)14-32-16-27(38)34-21-9-5-18(6-10-21)2-1-17-3-7-19(8-4-17)28(39)33-15-22(36)12-26(37)35-40/h3-11,13,22,32,36,40H,12,14-16H2,(H,33,39)(H,34,38)(H,35,37)/t22-/m0/s1. The van der Waals surface area contributed by atoms with Gasteiger partial charge in [-0.15, -0.1) is 0 Å². The fourth-order valence-electron chi connectivity index (χ4n) is 3.35. The van der Waals surface area contributed by atoms with E-state index < -0.39 is 41.3 Å². The number of rotatable bonds is 10. The molecule has 0 aromatic heterocycles. The topological polar surface area (TPSA) is 140 Å². The third kappa shape index (κ3) is 9.25. The Bertz CT molecular complexity index is 1420. The van der Waals surface area contributed by atoms with Crippen LogP contribution < -0.4 is 21.4 Å². The van der Waals surface area contributed by atoms with Crippen molar-refractivity contribution in [2.45, 2.75) is 19.1 Å². The average molecular weight is 555 g/mol. The molecule has 208 valence electrons. The molecule has 3 aromatic rings. The van der Waals surface area contributed by atoms with Crippen LogP contribution in [0.25, 0.3) is 0 Å². The predicted octanol–water partition coefficient (Wildman–Crippen LogP) is 2.22. The summed E-state index contributed by atoms with van der Waals surface area (Å²) in [5.41, 5.74) is 3.42. The molecule has 0 heterocycles. The van der Waals surface area contributed by atoms with Gasteiger partial charge in [0.2, 0.25) is 11.8 Å². The van der Waals surface area contributed by atoms with Crippen LogP contribution in [-0.4, -0.2) is 47.2 Å². The second-order valence-electron chi connectivity index (χ2n) is 8.52. The molecule has 0 aliphatic rings. The van der Waals surface area contributed by atoms with Crippen LogP contribution in [0.15, 0.2) is 60.7 Å². The zero-order valence-corrected chi connectivity index (χ0v) is 20.9. The number of amides is 3. The summed E-state index contributed by atoms with van der Waals surface area (Å²) < 4.78 is 39.9. The maximum absolute atomic E-state index is 13.7. The molecule has 3 rings (SSSR count). The van der Waals surface area contributed by atoms with Crippen molar-refractivity contribution in [1.29, 1.82) is 0 Å². The first-order valence-electron chi connectivity index (χ1n) is 11.9. The van der Waals surface area contributed by atoms with Crippen molar-refractivity contribution >= 4 is 23.4 Å². The Morgan fingerprint density at radius 1 is 0.825 bits per heavy atom. The Morgan fingerprint density at radius 3 is 2.05 bits per heavy atom. The van der Waals surface area contributed by atoms with Gasteiger partial charge in [-0.2, -0.15) is 0 Å². The molecule has 6 N–H and O–H groups in total. The van der Waals surface area contributed by atoms with Gasteiger partial charge < -0.3 is 21.1 Å². The van der Waals surface area contributed by atoms with Gasteiger partial charge in [0, 0.05) is 47.1 Å². The van der Waals surface area contributed by atoms with Crippen molar-refractivity contribution < 1.29 is 37.9 Å². The summed E-state index contributed by atoms with van der Waals surface area (Å²) in [6, 6.07) is 14.3.